The van der Waals surface area contributed by atoms with Gasteiger partial charge in [-0.25, -0.2) is 0 Å². The Kier molecular flexibility index (Phi) is 2.80. The van der Waals surface area contributed by atoms with Crippen LogP contribution in [0.5, 0.6) is 0 Å². The number of carbonyl (C=O) groups is 2. The van der Waals surface area contributed by atoms with Crippen LogP contribution in [0.15, 0.2) is 24.3 Å². The Bertz CT molecular complexity index is 822. The Morgan fingerprint density at radius 2 is 2.13 bits per heavy atom. The van der Waals surface area contributed by atoms with Crippen molar-refractivity contribution in [1.82, 2.24) is 9.47 Å². The Labute approximate surface area is 135 Å². The molecule has 3 aliphatic rings. The summed E-state index contributed by atoms with van der Waals surface area (Å²) < 4.78 is 2.00. The van der Waals surface area contributed by atoms with E-state index in [2.05, 4.69) is 23.1 Å². The van der Waals surface area contributed by atoms with Crippen LogP contribution in [-0.2, 0) is 11.2 Å². The second-order valence-corrected chi connectivity index (χ2v) is 7.27. The van der Waals surface area contributed by atoms with Gasteiger partial charge in [-0.2, -0.15) is 0 Å². The molecule has 1 saturated heterocycles. The fourth-order valence-corrected chi connectivity index (χ4v) is 5.24. The van der Waals surface area contributed by atoms with Crippen molar-refractivity contribution in [2.75, 3.05) is 13.1 Å². The quantitative estimate of drug-likeness (QED) is 0.801. The number of aldehydes is 1. The van der Waals surface area contributed by atoms with E-state index in [0.29, 0.717) is 30.7 Å². The minimum Gasteiger partial charge on any atom is -0.303 e. The van der Waals surface area contributed by atoms with Crippen LogP contribution in [-0.4, -0.2) is 34.7 Å². The Hall–Kier alpha value is -1.94. The standard InChI is InChI=1S/C19H20N2O2/c22-8-6-12-9-13-10-17(23)21-16-4-2-1-3-14(16)15-5-7-20(11-12)18(13)19(15)21/h1-4,8,12-13,18H,5-7,9-11H2/t12-,13-,18-/m1/s1. The molecule has 1 fully saturated rings. The third-order valence-electron chi connectivity index (χ3n) is 6.03. The minimum atomic E-state index is 0.234. The van der Waals surface area contributed by atoms with E-state index in [1.165, 1.54) is 16.6 Å². The summed E-state index contributed by atoms with van der Waals surface area (Å²) in [5.74, 6) is 1.02. The van der Waals surface area contributed by atoms with E-state index in [4.69, 9.17) is 0 Å². The number of hydrogen-bond donors (Lipinski definition) is 0. The molecule has 3 atom stereocenters. The van der Waals surface area contributed by atoms with Crippen LogP contribution in [0.1, 0.15) is 41.4 Å². The van der Waals surface area contributed by atoms with Crippen LogP contribution in [0.3, 0.4) is 0 Å². The summed E-state index contributed by atoms with van der Waals surface area (Å²) in [5.41, 5.74) is 3.72. The maximum atomic E-state index is 12.8. The van der Waals surface area contributed by atoms with Gasteiger partial charge in [-0.1, -0.05) is 18.2 Å². The highest BCUT2D eigenvalue weighted by Crippen LogP contribution is 2.49. The number of piperidine rings is 1. The molecular weight excluding hydrogens is 288 g/mol. The van der Waals surface area contributed by atoms with Crippen LogP contribution in [0.4, 0.5) is 0 Å². The Morgan fingerprint density at radius 1 is 1.26 bits per heavy atom. The Morgan fingerprint density at radius 3 is 3.00 bits per heavy atom. The third kappa shape index (κ3) is 1.75. The van der Waals surface area contributed by atoms with Crippen molar-refractivity contribution in [3.05, 3.63) is 35.5 Å². The lowest BCUT2D eigenvalue weighted by Gasteiger charge is -2.49. The molecule has 0 aliphatic carbocycles. The van der Waals surface area contributed by atoms with Gasteiger partial charge in [0.05, 0.1) is 11.6 Å². The first kappa shape index (κ1) is 13.5. The number of benzene rings is 1. The number of carbonyl (C=O) groups excluding carboxylic acids is 2. The largest absolute Gasteiger partial charge is 0.303 e. The molecule has 4 nitrogen and oxygen atoms in total. The summed E-state index contributed by atoms with van der Waals surface area (Å²) in [6.07, 6.45) is 4.30. The highest BCUT2D eigenvalue weighted by molar-refractivity contribution is 5.97. The van der Waals surface area contributed by atoms with Crippen molar-refractivity contribution in [2.45, 2.75) is 31.7 Å². The fourth-order valence-electron chi connectivity index (χ4n) is 5.24. The van der Waals surface area contributed by atoms with Gasteiger partial charge in [-0.3, -0.25) is 14.3 Å². The van der Waals surface area contributed by atoms with Gasteiger partial charge in [0.25, 0.3) is 0 Å². The van der Waals surface area contributed by atoms with Gasteiger partial charge in [-0.15, -0.1) is 0 Å². The number of para-hydroxylation sites is 1. The first-order chi connectivity index (χ1) is 11.3. The molecule has 1 aromatic heterocycles. The molecule has 4 heterocycles. The third-order valence-corrected chi connectivity index (χ3v) is 6.03. The average molecular weight is 308 g/mol. The number of fused-ring (bicyclic) bond motifs is 3. The molecule has 23 heavy (non-hydrogen) atoms. The predicted octanol–water partition coefficient (Wildman–Crippen LogP) is 2.81. The van der Waals surface area contributed by atoms with Crippen LogP contribution in [0, 0.1) is 11.8 Å². The first-order valence-corrected chi connectivity index (χ1v) is 8.61. The van der Waals surface area contributed by atoms with Crippen molar-refractivity contribution in [2.24, 2.45) is 11.8 Å². The van der Waals surface area contributed by atoms with Gasteiger partial charge in [0, 0.05) is 37.0 Å². The molecule has 3 aliphatic heterocycles. The molecule has 0 unspecified atom stereocenters. The zero-order valence-electron chi connectivity index (χ0n) is 13.1. The second-order valence-electron chi connectivity index (χ2n) is 7.27. The summed E-state index contributed by atoms with van der Waals surface area (Å²) >= 11 is 0. The highest BCUT2D eigenvalue weighted by Gasteiger charge is 2.46. The average Bonchev–Trinajstić information content (AvgIpc) is 2.89. The summed E-state index contributed by atoms with van der Waals surface area (Å²) in [6, 6.07) is 8.70. The van der Waals surface area contributed by atoms with Crippen molar-refractivity contribution < 1.29 is 9.59 Å². The second kappa shape index (κ2) is 4.78. The highest BCUT2D eigenvalue weighted by atomic mass is 16.2. The van der Waals surface area contributed by atoms with E-state index in [0.717, 1.165) is 37.7 Å². The first-order valence-electron chi connectivity index (χ1n) is 8.61. The van der Waals surface area contributed by atoms with E-state index < -0.39 is 0 Å². The van der Waals surface area contributed by atoms with Crippen molar-refractivity contribution in [1.29, 1.82) is 0 Å². The topological polar surface area (TPSA) is 42.3 Å². The molecule has 118 valence electrons. The lowest BCUT2D eigenvalue weighted by Crippen LogP contribution is -2.50. The molecule has 1 aromatic carbocycles. The molecule has 5 rings (SSSR count). The lowest BCUT2D eigenvalue weighted by atomic mass is 9.74. The van der Waals surface area contributed by atoms with Gasteiger partial charge < -0.3 is 4.79 Å². The van der Waals surface area contributed by atoms with Gasteiger partial charge in [-0.05, 0) is 36.3 Å². The molecule has 0 amide bonds. The van der Waals surface area contributed by atoms with E-state index >= 15 is 0 Å². The van der Waals surface area contributed by atoms with Crippen molar-refractivity contribution in [3.63, 3.8) is 0 Å². The molecule has 0 saturated carbocycles. The van der Waals surface area contributed by atoms with Crippen LogP contribution < -0.4 is 0 Å². The normalized spacial score (nSPS) is 29.6. The van der Waals surface area contributed by atoms with E-state index in [1.54, 1.807) is 0 Å². The van der Waals surface area contributed by atoms with Crippen LogP contribution >= 0.6 is 0 Å². The lowest BCUT2D eigenvalue weighted by molar-refractivity contribution is -0.109. The maximum Gasteiger partial charge on any atom is 0.231 e. The number of aromatic nitrogens is 1. The monoisotopic (exact) mass is 308 g/mol. The molecule has 0 spiro atoms. The zero-order valence-corrected chi connectivity index (χ0v) is 13.1. The zero-order chi connectivity index (χ0) is 15.6. The molecule has 0 bridgehead atoms. The predicted molar refractivity (Wildman–Crippen MR) is 87.5 cm³/mol. The van der Waals surface area contributed by atoms with E-state index in [-0.39, 0.29) is 5.91 Å². The van der Waals surface area contributed by atoms with E-state index in [9.17, 15) is 9.59 Å². The van der Waals surface area contributed by atoms with Crippen LogP contribution in [0.25, 0.3) is 10.9 Å². The Balaban J connectivity index is 1.70. The molecule has 2 aromatic rings. The van der Waals surface area contributed by atoms with Crippen molar-refractivity contribution in [3.8, 4) is 0 Å². The number of rotatable bonds is 2. The van der Waals surface area contributed by atoms with Crippen molar-refractivity contribution >= 4 is 23.1 Å². The number of nitrogens with zero attached hydrogens (tertiary/aromatic N) is 2. The smallest absolute Gasteiger partial charge is 0.231 e. The summed E-state index contributed by atoms with van der Waals surface area (Å²) in [6.45, 7) is 2.04. The van der Waals surface area contributed by atoms with Gasteiger partial charge in [0.1, 0.15) is 6.29 Å². The number of hydrogen-bond acceptors (Lipinski definition) is 3. The molecule has 0 radical (unpaired) electrons. The molecule has 4 heteroatoms. The maximum absolute atomic E-state index is 12.8. The summed E-state index contributed by atoms with van der Waals surface area (Å²) in [5, 5.41) is 1.26. The SMILES string of the molecule is O=CC[C@@H]1C[C@@H]2CC(=O)n3c4c(c5ccccc53)CCN(C1)[C@@H]42. The van der Waals surface area contributed by atoms with Gasteiger partial charge >= 0.3 is 0 Å². The summed E-state index contributed by atoms with van der Waals surface area (Å²) in [7, 11) is 0. The molecular formula is C19H20N2O2. The fraction of sp³-hybridized carbons (Fsp3) is 0.474. The minimum absolute atomic E-state index is 0.234. The van der Waals surface area contributed by atoms with E-state index in [1.807, 2.05) is 10.6 Å². The van der Waals surface area contributed by atoms with Gasteiger partial charge in [0.15, 0.2) is 0 Å². The summed E-state index contributed by atoms with van der Waals surface area (Å²) in [4.78, 5) is 26.3. The van der Waals surface area contributed by atoms with Gasteiger partial charge in [0.2, 0.25) is 5.91 Å². The molecule has 0 N–H and O–H groups in total. The van der Waals surface area contributed by atoms with Crippen LogP contribution in [0.2, 0.25) is 0 Å².